The van der Waals surface area contributed by atoms with Crippen LogP contribution in [-0.4, -0.2) is 15.0 Å². The van der Waals surface area contributed by atoms with Gasteiger partial charge in [-0.2, -0.15) is 0 Å². The van der Waals surface area contributed by atoms with E-state index in [4.69, 9.17) is 15.0 Å². The molecule has 11 aromatic rings. The molecule has 2 heterocycles. The third kappa shape index (κ3) is 7.94. The fourth-order valence-corrected chi connectivity index (χ4v) is 9.33. The summed E-state index contributed by atoms with van der Waals surface area (Å²) in [5.74, 6) is 0.666. The summed E-state index contributed by atoms with van der Waals surface area (Å²) < 4.78 is 0. The highest BCUT2D eigenvalue weighted by atomic mass is 14.9. The molecule has 0 N–H and O–H groups in total. The second-order valence-corrected chi connectivity index (χ2v) is 17.1. The van der Waals surface area contributed by atoms with Crippen LogP contribution in [0.25, 0.3) is 112 Å². The Morgan fingerprint density at radius 1 is 0.343 bits per heavy atom. The number of nitrogens with zero attached hydrogens (tertiary/aromatic N) is 3. The van der Waals surface area contributed by atoms with E-state index in [1.807, 2.05) is 12.1 Å². The van der Waals surface area contributed by atoms with Crippen LogP contribution < -0.4 is 0 Å². The molecule has 314 valence electrons. The Labute approximate surface area is 390 Å². The lowest BCUT2D eigenvalue weighted by Gasteiger charge is -2.16. The van der Waals surface area contributed by atoms with E-state index in [1.54, 1.807) is 0 Å². The van der Waals surface area contributed by atoms with Gasteiger partial charge in [0.1, 0.15) is 0 Å². The van der Waals surface area contributed by atoms with Crippen LogP contribution in [0.4, 0.5) is 0 Å². The molecule has 3 heteroatoms. The molecule has 0 atom stereocenters. The van der Waals surface area contributed by atoms with E-state index in [0.717, 1.165) is 78.6 Å². The lowest BCUT2D eigenvalue weighted by atomic mass is 9.92. The number of fused-ring (bicyclic) bond motifs is 3. The standard InChI is InChI=1S/C64H43N3/c1-3-11-43(12-4-1)47-23-25-51(26-24-47)57-41-58(52-31-27-48(28-32-52)44-13-5-2-6-14-44)63-59(42-57)62(55-35-29-50(30-36-55)49-21-19-45-15-7-8-16-46(45)20-22-49)66-64(67-63)56-37-33-54(34-38-56)61-40-39-53-17-9-10-18-60(53)65-61/h1-19,21-42H,20H2. The highest BCUT2D eigenvalue weighted by Crippen LogP contribution is 2.40. The van der Waals surface area contributed by atoms with E-state index >= 15 is 0 Å². The first-order valence-electron chi connectivity index (χ1n) is 22.9. The van der Waals surface area contributed by atoms with Crippen molar-refractivity contribution in [2.75, 3.05) is 0 Å². The topological polar surface area (TPSA) is 38.7 Å². The van der Waals surface area contributed by atoms with Crippen LogP contribution in [0.3, 0.4) is 0 Å². The van der Waals surface area contributed by atoms with Crippen molar-refractivity contribution < 1.29 is 0 Å². The number of benzene rings is 9. The fourth-order valence-electron chi connectivity index (χ4n) is 9.33. The zero-order valence-electron chi connectivity index (χ0n) is 36.7. The van der Waals surface area contributed by atoms with Crippen molar-refractivity contribution in [3.63, 3.8) is 0 Å². The molecule has 3 nitrogen and oxygen atoms in total. The SMILES string of the molecule is C1=Cc2ccccc2CC=C1c1ccc(-c2nc(-c3ccc(-c4ccc5ccccc5n4)cc3)nc3c(-c4ccc(-c5ccccc5)cc4)cc(-c4ccc(-c5ccccc5)cc4)cc23)cc1. The normalized spacial score (nSPS) is 12.1. The molecule has 0 radical (unpaired) electrons. The first-order chi connectivity index (χ1) is 33.2. The van der Waals surface area contributed by atoms with Crippen LogP contribution in [0.1, 0.15) is 16.7 Å². The van der Waals surface area contributed by atoms with E-state index in [9.17, 15) is 0 Å². The van der Waals surface area contributed by atoms with Crippen LogP contribution in [0.15, 0.2) is 243 Å². The number of hydrogen-bond donors (Lipinski definition) is 0. The highest BCUT2D eigenvalue weighted by Gasteiger charge is 2.19. The summed E-state index contributed by atoms with van der Waals surface area (Å²) in [7, 11) is 0. The molecule has 1 aliphatic rings. The molecular weight excluding hydrogens is 811 g/mol. The van der Waals surface area contributed by atoms with Crippen LogP contribution in [0.2, 0.25) is 0 Å². The van der Waals surface area contributed by atoms with E-state index in [2.05, 4.69) is 237 Å². The maximum atomic E-state index is 5.50. The van der Waals surface area contributed by atoms with Crippen molar-refractivity contribution in [2.45, 2.75) is 6.42 Å². The third-order valence-corrected chi connectivity index (χ3v) is 13.0. The van der Waals surface area contributed by atoms with Crippen LogP contribution in [0, 0.1) is 0 Å². The van der Waals surface area contributed by atoms with Crippen molar-refractivity contribution >= 4 is 33.5 Å². The Morgan fingerprint density at radius 3 is 1.61 bits per heavy atom. The van der Waals surface area contributed by atoms with Crippen molar-refractivity contribution in [3.8, 4) is 78.4 Å². The molecule has 0 amide bonds. The van der Waals surface area contributed by atoms with Crippen LogP contribution in [-0.2, 0) is 6.42 Å². The summed E-state index contributed by atoms with van der Waals surface area (Å²) in [5, 5.41) is 2.11. The second-order valence-electron chi connectivity index (χ2n) is 17.1. The average molecular weight is 854 g/mol. The minimum Gasteiger partial charge on any atom is -0.248 e. The molecule has 1 aliphatic carbocycles. The van der Waals surface area contributed by atoms with Crippen molar-refractivity contribution in [2.24, 2.45) is 0 Å². The van der Waals surface area contributed by atoms with E-state index in [-0.39, 0.29) is 0 Å². The minimum atomic E-state index is 0.666. The molecule has 0 saturated carbocycles. The average Bonchev–Trinajstić information content (AvgIpc) is 3.64. The third-order valence-electron chi connectivity index (χ3n) is 13.0. The molecule has 0 saturated heterocycles. The summed E-state index contributed by atoms with van der Waals surface area (Å²) in [5.41, 5.74) is 20.8. The Kier molecular flexibility index (Phi) is 10.3. The smallest absolute Gasteiger partial charge is 0.160 e. The monoisotopic (exact) mass is 853 g/mol. The van der Waals surface area contributed by atoms with Crippen molar-refractivity contribution in [3.05, 3.63) is 259 Å². The van der Waals surface area contributed by atoms with Gasteiger partial charge in [-0.15, -0.1) is 0 Å². The summed E-state index contributed by atoms with van der Waals surface area (Å²) >= 11 is 0. The predicted molar refractivity (Wildman–Crippen MR) is 280 cm³/mol. The number of pyridine rings is 1. The summed E-state index contributed by atoms with van der Waals surface area (Å²) in [6, 6.07) is 82.0. The van der Waals surface area contributed by atoms with Gasteiger partial charge in [0.2, 0.25) is 0 Å². The minimum absolute atomic E-state index is 0.666. The molecule has 9 aromatic carbocycles. The Bertz CT molecular complexity index is 3650. The lowest BCUT2D eigenvalue weighted by molar-refractivity contribution is 1.23. The van der Waals surface area contributed by atoms with Gasteiger partial charge in [0.25, 0.3) is 0 Å². The molecule has 0 unspecified atom stereocenters. The molecule has 0 fully saturated rings. The molecule has 0 aliphatic heterocycles. The summed E-state index contributed by atoms with van der Waals surface area (Å²) in [4.78, 5) is 16.0. The van der Waals surface area contributed by atoms with Crippen LogP contribution in [0.5, 0.6) is 0 Å². The zero-order chi connectivity index (χ0) is 44.5. The van der Waals surface area contributed by atoms with Gasteiger partial charge in [-0.1, -0.05) is 224 Å². The first-order valence-corrected chi connectivity index (χ1v) is 22.9. The van der Waals surface area contributed by atoms with Gasteiger partial charge >= 0.3 is 0 Å². The number of aromatic nitrogens is 3. The van der Waals surface area contributed by atoms with Gasteiger partial charge in [0.05, 0.1) is 22.4 Å². The summed E-state index contributed by atoms with van der Waals surface area (Å²) in [6.45, 7) is 0. The number of para-hydroxylation sites is 1. The molecule has 12 rings (SSSR count). The number of allylic oxidation sites excluding steroid dienone is 3. The molecular formula is C64H43N3. The molecule has 0 spiro atoms. The van der Waals surface area contributed by atoms with Gasteiger partial charge < -0.3 is 0 Å². The van der Waals surface area contributed by atoms with Crippen LogP contribution >= 0.6 is 0 Å². The molecule has 67 heavy (non-hydrogen) atoms. The van der Waals surface area contributed by atoms with Gasteiger partial charge in [-0.25, -0.2) is 15.0 Å². The van der Waals surface area contributed by atoms with E-state index < -0.39 is 0 Å². The quantitative estimate of drug-likeness (QED) is 0.153. The lowest BCUT2D eigenvalue weighted by Crippen LogP contribution is -1.98. The van der Waals surface area contributed by atoms with Gasteiger partial charge in [0.15, 0.2) is 5.82 Å². The molecule has 0 bridgehead atoms. The highest BCUT2D eigenvalue weighted by molar-refractivity contribution is 6.05. The number of hydrogen-bond acceptors (Lipinski definition) is 3. The fraction of sp³-hybridized carbons (Fsp3) is 0.0156. The van der Waals surface area contributed by atoms with Gasteiger partial charge in [-0.3, -0.25) is 0 Å². The summed E-state index contributed by atoms with van der Waals surface area (Å²) in [6.07, 6.45) is 7.69. The van der Waals surface area contributed by atoms with Crippen molar-refractivity contribution in [1.82, 2.24) is 15.0 Å². The predicted octanol–water partition coefficient (Wildman–Crippen LogP) is 16.5. The number of rotatable bonds is 8. The van der Waals surface area contributed by atoms with E-state index in [0.29, 0.717) is 5.82 Å². The maximum absolute atomic E-state index is 5.50. The molecule has 2 aromatic heterocycles. The maximum Gasteiger partial charge on any atom is 0.160 e. The Balaban J connectivity index is 1.02. The largest absolute Gasteiger partial charge is 0.248 e. The van der Waals surface area contributed by atoms with E-state index in [1.165, 1.54) is 44.5 Å². The van der Waals surface area contributed by atoms with Gasteiger partial charge in [0, 0.05) is 33.0 Å². The van der Waals surface area contributed by atoms with Gasteiger partial charge in [-0.05, 0) is 91.9 Å². The second kappa shape index (κ2) is 17.3. The Hall–Kier alpha value is -8.79. The van der Waals surface area contributed by atoms with Crippen molar-refractivity contribution in [1.29, 1.82) is 0 Å². The zero-order valence-corrected chi connectivity index (χ0v) is 36.7. The Morgan fingerprint density at radius 2 is 0.896 bits per heavy atom. The first kappa shape index (κ1) is 39.8.